The van der Waals surface area contributed by atoms with Crippen LogP contribution in [-0.2, 0) is 0 Å². The number of aliphatic hydroxyl groups is 2. The lowest BCUT2D eigenvalue weighted by molar-refractivity contribution is -0.158. The van der Waals surface area contributed by atoms with Crippen molar-refractivity contribution in [2.45, 2.75) is 18.3 Å². The number of carbonyl (C=O) groups excluding carboxylic acids is 1. The quantitative estimate of drug-likeness (QED) is 0.331. The molecule has 3 rings (SSSR count). The highest BCUT2D eigenvalue weighted by atomic mass is 19.4. The monoisotopic (exact) mass is 477 g/mol. The number of rotatable bonds is 7. The largest absolute Gasteiger partial charge is 0.455 e. The van der Waals surface area contributed by atoms with Gasteiger partial charge in [0.25, 0.3) is 0 Å². The number of carbonyl (C=O) groups is 1. The topological polar surface area (TPSA) is 107 Å². The first-order valence-corrected chi connectivity index (χ1v) is 9.32. The van der Waals surface area contributed by atoms with E-state index in [1.54, 1.807) is 5.32 Å². The van der Waals surface area contributed by atoms with E-state index >= 15 is 0 Å². The summed E-state index contributed by atoms with van der Waals surface area (Å²) in [5.74, 6) is -3.98. The second-order valence-electron chi connectivity index (χ2n) is 6.97. The van der Waals surface area contributed by atoms with Crippen molar-refractivity contribution in [3.8, 4) is 0 Å². The Morgan fingerprint density at radius 2 is 1.67 bits per heavy atom. The van der Waals surface area contributed by atoms with Crippen LogP contribution in [-0.4, -0.2) is 41.7 Å². The van der Waals surface area contributed by atoms with Crippen LogP contribution in [0, 0.1) is 17.5 Å². The fraction of sp³-hybridized carbons (Fsp3) is 0.250. The summed E-state index contributed by atoms with van der Waals surface area (Å²) in [6, 6.07) is 0.838. The first-order chi connectivity index (χ1) is 15.5. The fourth-order valence-electron chi connectivity index (χ4n) is 2.91. The third-order valence-electron chi connectivity index (χ3n) is 4.35. The maximum absolute atomic E-state index is 13.8. The molecule has 2 aromatic carbocycles. The number of furan rings is 1. The Balaban J connectivity index is 1.79. The number of urea groups is 1. The molecule has 178 valence electrons. The lowest BCUT2D eigenvalue weighted by Gasteiger charge is -2.20. The van der Waals surface area contributed by atoms with Crippen molar-refractivity contribution < 1.29 is 45.8 Å². The second kappa shape index (κ2) is 9.58. The van der Waals surface area contributed by atoms with E-state index in [0.717, 1.165) is 24.3 Å². The Bertz CT molecular complexity index is 1150. The standard InChI is InChI=1S/C20H17F6N3O4/c21-10-1-9-2-16(33-17(9)15(23)5-10)18(20(24,25)26)29-19(32)28-13-4-11(22)3-12(6-13)27-7-14(31)8-30/h1-6,14,18,27,30-31H,7-8H2,(H2,28,29,32)/t14?,18-/m1/s1. The van der Waals surface area contributed by atoms with E-state index in [1.165, 1.54) is 6.07 Å². The van der Waals surface area contributed by atoms with E-state index in [9.17, 15) is 36.2 Å². The smallest absolute Gasteiger partial charge is 0.416 e. The van der Waals surface area contributed by atoms with Gasteiger partial charge < -0.3 is 30.6 Å². The fourth-order valence-corrected chi connectivity index (χ4v) is 2.91. The first-order valence-electron chi connectivity index (χ1n) is 9.32. The van der Waals surface area contributed by atoms with E-state index in [1.807, 2.05) is 5.32 Å². The lowest BCUT2D eigenvalue weighted by Crippen LogP contribution is -2.40. The molecule has 0 bridgehead atoms. The molecule has 13 heteroatoms. The predicted octanol–water partition coefficient (Wildman–Crippen LogP) is 4.04. The van der Waals surface area contributed by atoms with Crippen LogP contribution < -0.4 is 16.0 Å². The van der Waals surface area contributed by atoms with E-state index < -0.39 is 59.8 Å². The number of fused-ring (bicyclic) bond motifs is 1. The number of halogens is 6. The molecule has 3 aromatic rings. The minimum Gasteiger partial charge on any atom is -0.455 e. The molecule has 33 heavy (non-hydrogen) atoms. The number of anilines is 2. The van der Waals surface area contributed by atoms with Gasteiger partial charge in [-0.15, -0.1) is 0 Å². The Morgan fingerprint density at radius 3 is 2.33 bits per heavy atom. The third-order valence-corrected chi connectivity index (χ3v) is 4.35. The maximum atomic E-state index is 13.8. The van der Waals surface area contributed by atoms with Crippen molar-refractivity contribution in [2.75, 3.05) is 23.8 Å². The van der Waals surface area contributed by atoms with Crippen LogP contribution >= 0.6 is 0 Å². The molecule has 0 aliphatic rings. The summed E-state index contributed by atoms with van der Waals surface area (Å²) >= 11 is 0. The Kier molecular flexibility index (Phi) is 7.03. The van der Waals surface area contributed by atoms with Gasteiger partial charge in [0.15, 0.2) is 17.4 Å². The molecule has 1 unspecified atom stereocenters. The highest BCUT2D eigenvalue weighted by Crippen LogP contribution is 2.36. The van der Waals surface area contributed by atoms with E-state index in [4.69, 9.17) is 9.52 Å². The highest BCUT2D eigenvalue weighted by Gasteiger charge is 2.44. The molecular formula is C20H17F6N3O4. The van der Waals surface area contributed by atoms with Gasteiger partial charge in [-0.3, -0.25) is 0 Å². The van der Waals surface area contributed by atoms with Crippen LogP contribution in [0.2, 0.25) is 0 Å². The molecular weight excluding hydrogens is 460 g/mol. The molecule has 0 aliphatic carbocycles. The average molecular weight is 477 g/mol. The average Bonchev–Trinajstić information content (AvgIpc) is 3.12. The molecule has 0 spiro atoms. The number of hydrogen-bond acceptors (Lipinski definition) is 5. The zero-order valence-electron chi connectivity index (χ0n) is 16.5. The summed E-state index contributed by atoms with van der Waals surface area (Å²) in [6.07, 6.45) is -6.22. The Morgan fingerprint density at radius 1 is 1.00 bits per heavy atom. The number of alkyl halides is 3. The minimum absolute atomic E-state index is 0.0694. The van der Waals surface area contributed by atoms with Crippen molar-refractivity contribution in [3.63, 3.8) is 0 Å². The van der Waals surface area contributed by atoms with Gasteiger partial charge >= 0.3 is 12.2 Å². The van der Waals surface area contributed by atoms with Crippen LogP contribution in [0.3, 0.4) is 0 Å². The van der Waals surface area contributed by atoms with Gasteiger partial charge in [-0.1, -0.05) is 0 Å². The van der Waals surface area contributed by atoms with Crippen LogP contribution in [0.4, 0.5) is 42.5 Å². The summed E-state index contributed by atoms with van der Waals surface area (Å²) in [4.78, 5) is 12.2. The minimum atomic E-state index is -5.07. The van der Waals surface area contributed by atoms with Crippen LogP contribution in [0.15, 0.2) is 40.8 Å². The zero-order valence-corrected chi connectivity index (χ0v) is 16.5. The van der Waals surface area contributed by atoms with Crippen LogP contribution in [0.1, 0.15) is 11.8 Å². The molecule has 1 heterocycles. The molecule has 5 N–H and O–H groups in total. The van der Waals surface area contributed by atoms with Crippen molar-refractivity contribution in [2.24, 2.45) is 0 Å². The molecule has 7 nitrogen and oxygen atoms in total. The van der Waals surface area contributed by atoms with Crippen molar-refractivity contribution in [1.29, 1.82) is 0 Å². The van der Waals surface area contributed by atoms with Gasteiger partial charge in [-0.05, 0) is 30.3 Å². The summed E-state index contributed by atoms with van der Waals surface area (Å²) in [5, 5.41) is 24.1. The SMILES string of the molecule is O=C(Nc1cc(F)cc(NCC(O)CO)c1)N[C@H](c1cc2cc(F)cc(F)c2o1)C(F)(F)F. The van der Waals surface area contributed by atoms with Gasteiger partial charge in [0.1, 0.15) is 17.4 Å². The van der Waals surface area contributed by atoms with Crippen molar-refractivity contribution >= 4 is 28.4 Å². The Hall–Kier alpha value is -3.45. The summed E-state index contributed by atoms with van der Waals surface area (Å²) in [6.45, 7) is -0.724. The molecule has 0 saturated carbocycles. The predicted molar refractivity (Wildman–Crippen MR) is 105 cm³/mol. The van der Waals surface area contributed by atoms with Gasteiger partial charge in [0.05, 0.1) is 12.7 Å². The Labute approximate surface area is 182 Å². The molecule has 0 aliphatic heterocycles. The normalized spacial score (nSPS) is 13.6. The number of amides is 2. The molecule has 2 atom stereocenters. The van der Waals surface area contributed by atoms with Crippen LogP contribution in [0.5, 0.6) is 0 Å². The second-order valence-corrected chi connectivity index (χ2v) is 6.97. The van der Waals surface area contributed by atoms with E-state index in [0.29, 0.717) is 6.07 Å². The van der Waals surface area contributed by atoms with Crippen LogP contribution in [0.25, 0.3) is 11.0 Å². The summed E-state index contributed by atoms with van der Waals surface area (Å²) in [7, 11) is 0. The molecule has 2 amide bonds. The van der Waals surface area contributed by atoms with Gasteiger partial charge in [0.2, 0.25) is 0 Å². The molecule has 1 aromatic heterocycles. The third kappa shape index (κ3) is 6.08. The number of benzene rings is 2. The van der Waals surface area contributed by atoms with E-state index in [2.05, 4.69) is 5.32 Å². The van der Waals surface area contributed by atoms with Crippen molar-refractivity contribution in [1.82, 2.24) is 5.32 Å². The van der Waals surface area contributed by atoms with Crippen molar-refractivity contribution in [3.05, 3.63) is 59.6 Å². The summed E-state index contributed by atoms with van der Waals surface area (Å²) in [5.41, 5.74) is -0.777. The highest BCUT2D eigenvalue weighted by molar-refractivity contribution is 5.90. The molecule has 0 fully saturated rings. The molecule has 0 saturated heterocycles. The first kappa shape index (κ1) is 24.2. The maximum Gasteiger partial charge on any atom is 0.416 e. The zero-order chi connectivity index (χ0) is 24.3. The number of aliphatic hydroxyl groups excluding tert-OH is 2. The van der Waals surface area contributed by atoms with Gasteiger partial charge in [0, 0.05) is 29.4 Å². The van der Waals surface area contributed by atoms with E-state index in [-0.39, 0.29) is 23.3 Å². The van der Waals surface area contributed by atoms with Gasteiger partial charge in [-0.25, -0.2) is 18.0 Å². The lowest BCUT2D eigenvalue weighted by atomic mass is 10.2. The van der Waals surface area contributed by atoms with Gasteiger partial charge in [-0.2, -0.15) is 13.2 Å². The number of nitrogens with one attached hydrogen (secondary N) is 3. The summed E-state index contributed by atoms with van der Waals surface area (Å²) < 4.78 is 86.5. The molecule has 0 radical (unpaired) electrons. The number of hydrogen-bond donors (Lipinski definition) is 5.